The molecule has 21 heavy (non-hydrogen) atoms. The molecule has 0 saturated heterocycles. The molecule has 0 heterocycles. The Kier molecular flexibility index (Phi) is 4.95. The van der Waals surface area contributed by atoms with Crippen LogP contribution in [0.1, 0.15) is 53.4 Å². The monoisotopic (exact) mass is 296 g/mol. The van der Waals surface area contributed by atoms with Crippen molar-refractivity contribution in [2.45, 2.75) is 53.4 Å². The molecule has 0 aromatic heterocycles. The first-order chi connectivity index (χ1) is 9.99. The van der Waals surface area contributed by atoms with Crippen LogP contribution in [0.15, 0.2) is 0 Å². The van der Waals surface area contributed by atoms with E-state index in [4.69, 9.17) is 9.47 Å². The van der Waals surface area contributed by atoms with Gasteiger partial charge in [0.1, 0.15) is 0 Å². The van der Waals surface area contributed by atoms with Crippen LogP contribution in [0.4, 0.5) is 0 Å². The first-order valence-electron chi connectivity index (χ1n) is 8.34. The number of rotatable bonds is 6. The lowest BCUT2D eigenvalue weighted by Crippen LogP contribution is -2.51. The lowest BCUT2D eigenvalue weighted by atomic mass is 9.64. The molecule has 2 rings (SSSR count). The van der Waals surface area contributed by atoms with E-state index in [2.05, 4.69) is 6.92 Å². The van der Waals surface area contributed by atoms with Gasteiger partial charge in [-0.15, -0.1) is 0 Å². The number of hydrogen-bond donors (Lipinski definition) is 0. The fourth-order valence-corrected chi connectivity index (χ4v) is 4.48. The SMILES string of the molecule is CCCOC(=O)C1(C(=O)OCCC)C2CC(C)C(C2)C1C. The molecule has 2 fully saturated rings. The van der Waals surface area contributed by atoms with Crippen LogP contribution in [-0.4, -0.2) is 25.2 Å². The molecule has 0 radical (unpaired) electrons. The normalized spacial score (nSPS) is 33.0. The fraction of sp³-hybridized carbons (Fsp3) is 0.882. The second-order valence-electron chi connectivity index (χ2n) is 6.74. The number of esters is 2. The van der Waals surface area contributed by atoms with Crippen molar-refractivity contribution in [1.82, 2.24) is 0 Å². The van der Waals surface area contributed by atoms with Crippen molar-refractivity contribution in [2.24, 2.45) is 29.1 Å². The van der Waals surface area contributed by atoms with Crippen molar-refractivity contribution in [2.75, 3.05) is 13.2 Å². The molecule has 2 aliphatic carbocycles. The molecule has 4 heteroatoms. The quantitative estimate of drug-likeness (QED) is 0.558. The zero-order valence-corrected chi connectivity index (χ0v) is 13.7. The lowest BCUT2D eigenvalue weighted by molar-refractivity contribution is -0.182. The highest BCUT2D eigenvalue weighted by Crippen LogP contribution is 2.62. The third-order valence-electron chi connectivity index (χ3n) is 5.50. The molecule has 0 spiro atoms. The minimum atomic E-state index is -1.05. The van der Waals surface area contributed by atoms with Crippen LogP contribution in [0.2, 0.25) is 0 Å². The van der Waals surface area contributed by atoms with E-state index in [1.54, 1.807) is 0 Å². The Morgan fingerprint density at radius 3 is 1.90 bits per heavy atom. The van der Waals surface area contributed by atoms with Gasteiger partial charge in [-0.2, -0.15) is 0 Å². The standard InChI is InChI=1S/C17H28O4/c1-5-7-20-15(18)17(16(19)21-8-6-2)12(4)14-10-13(17)9-11(14)3/h11-14H,5-10H2,1-4H3. The summed E-state index contributed by atoms with van der Waals surface area (Å²) in [5.74, 6) is 0.408. The van der Waals surface area contributed by atoms with Gasteiger partial charge in [0.25, 0.3) is 0 Å². The average Bonchev–Trinajstić information content (AvgIpc) is 2.97. The van der Waals surface area contributed by atoms with Crippen molar-refractivity contribution in [1.29, 1.82) is 0 Å². The minimum Gasteiger partial charge on any atom is -0.465 e. The lowest BCUT2D eigenvalue weighted by Gasteiger charge is -2.40. The maximum atomic E-state index is 12.7. The topological polar surface area (TPSA) is 52.6 Å². The van der Waals surface area contributed by atoms with Crippen molar-refractivity contribution < 1.29 is 19.1 Å². The summed E-state index contributed by atoms with van der Waals surface area (Å²) in [6, 6.07) is 0. The van der Waals surface area contributed by atoms with Gasteiger partial charge in [0, 0.05) is 0 Å². The summed E-state index contributed by atoms with van der Waals surface area (Å²) in [6.45, 7) is 8.92. The van der Waals surface area contributed by atoms with E-state index in [0.717, 1.165) is 25.7 Å². The number of carbonyl (C=O) groups excluding carboxylic acids is 2. The van der Waals surface area contributed by atoms with Gasteiger partial charge in [0.05, 0.1) is 13.2 Å². The highest BCUT2D eigenvalue weighted by molar-refractivity contribution is 6.01. The van der Waals surface area contributed by atoms with Gasteiger partial charge >= 0.3 is 11.9 Å². The molecule has 0 aliphatic heterocycles. The zero-order chi connectivity index (χ0) is 15.6. The molecule has 2 aliphatic rings. The van der Waals surface area contributed by atoms with E-state index in [1.165, 1.54) is 0 Å². The third-order valence-corrected chi connectivity index (χ3v) is 5.50. The van der Waals surface area contributed by atoms with Crippen LogP contribution < -0.4 is 0 Å². The van der Waals surface area contributed by atoms with Crippen LogP contribution in [0.25, 0.3) is 0 Å². The second-order valence-corrected chi connectivity index (χ2v) is 6.74. The van der Waals surface area contributed by atoms with E-state index in [1.807, 2.05) is 20.8 Å². The molecule has 0 N–H and O–H groups in total. The largest absolute Gasteiger partial charge is 0.465 e. The molecular formula is C17H28O4. The Balaban J connectivity index is 2.27. The molecule has 0 amide bonds. The molecule has 2 bridgehead atoms. The predicted octanol–water partition coefficient (Wildman–Crippen LogP) is 3.19. The van der Waals surface area contributed by atoms with Crippen LogP contribution in [0.3, 0.4) is 0 Å². The molecule has 4 atom stereocenters. The summed E-state index contributed by atoms with van der Waals surface area (Å²) < 4.78 is 10.8. The van der Waals surface area contributed by atoms with Crippen LogP contribution >= 0.6 is 0 Å². The van der Waals surface area contributed by atoms with Crippen molar-refractivity contribution in [3.8, 4) is 0 Å². The molecule has 0 aromatic carbocycles. The highest BCUT2D eigenvalue weighted by atomic mass is 16.6. The van der Waals surface area contributed by atoms with E-state index in [-0.39, 0.29) is 23.8 Å². The Labute approximate surface area is 127 Å². The van der Waals surface area contributed by atoms with E-state index < -0.39 is 5.41 Å². The Bertz CT molecular complexity index is 380. The molecule has 2 saturated carbocycles. The number of carbonyl (C=O) groups is 2. The first kappa shape index (κ1) is 16.3. The average molecular weight is 296 g/mol. The Morgan fingerprint density at radius 1 is 1.00 bits per heavy atom. The minimum absolute atomic E-state index is 0.0139. The third kappa shape index (κ3) is 2.47. The summed E-state index contributed by atoms with van der Waals surface area (Å²) >= 11 is 0. The van der Waals surface area contributed by atoms with E-state index >= 15 is 0 Å². The van der Waals surface area contributed by atoms with Gasteiger partial charge < -0.3 is 9.47 Å². The maximum absolute atomic E-state index is 12.7. The van der Waals surface area contributed by atoms with Crippen molar-refractivity contribution >= 4 is 11.9 Å². The van der Waals surface area contributed by atoms with Gasteiger partial charge in [-0.05, 0) is 49.4 Å². The molecule has 120 valence electrons. The van der Waals surface area contributed by atoms with Crippen LogP contribution in [0.5, 0.6) is 0 Å². The van der Waals surface area contributed by atoms with Gasteiger partial charge in [-0.1, -0.05) is 27.7 Å². The highest BCUT2D eigenvalue weighted by Gasteiger charge is 2.68. The van der Waals surface area contributed by atoms with Crippen molar-refractivity contribution in [3.63, 3.8) is 0 Å². The van der Waals surface area contributed by atoms with Gasteiger partial charge in [0.15, 0.2) is 5.41 Å². The fourth-order valence-electron chi connectivity index (χ4n) is 4.48. The zero-order valence-electron chi connectivity index (χ0n) is 13.7. The van der Waals surface area contributed by atoms with Crippen molar-refractivity contribution in [3.05, 3.63) is 0 Å². The summed E-state index contributed by atoms with van der Waals surface area (Å²) in [5.41, 5.74) is -1.05. The van der Waals surface area contributed by atoms with Gasteiger partial charge in [-0.3, -0.25) is 9.59 Å². The van der Waals surface area contributed by atoms with E-state index in [0.29, 0.717) is 25.0 Å². The first-order valence-corrected chi connectivity index (χ1v) is 8.34. The summed E-state index contributed by atoms with van der Waals surface area (Å²) in [5, 5.41) is 0. The Hall–Kier alpha value is -1.06. The summed E-state index contributed by atoms with van der Waals surface area (Å²) in [4.78, 5) is 25.4. The summed E-state index contributed by atoms with van der Waals surface area (Å²) in [7, 11) is 0. The molecule has 0 aromatic rings. The second kappa shape index (κ2) is 6.37. The molecular weight excluding hydrogens is 268 g/mol. The van der Waals surface area contributed by atoms with Gasteiger partial charge in [-0.25, -0.2) is 0 Å². The van der Waals surface area contributed by atoms with Crippen LogP contribution in [0, 0.1) is 29.1 Å². The summed E-state index contributed by atoms with van der Waals surface area (Å²) in [6.07, 6.45) is 3.41. The van der Waals surface area contributed by atoms with Crippen LogP contribution in [-0.2, 0) is 19.1 Å². The molecule has 4 nitrogen and oxygen atoms in total. The van der Waals surface area contributed by atoms with Gasteiger partial charge in [0.2, 0.25) is 0 Å². The smallest absolute Gasteiger partial charge is 0.324 e. The van der Waals surface area contributed by atoms with E-state index in [9.17, 15) is 9.59 Å². The number of ether oxygens (including phenoxy) is 2. The number of hydrogen-bond acceptors (Lipinski definition) is 4. The maximum Gasteiger partial charge on any atom is 0.324 e. The molecule has 4 unspecified atom stereocenters. The number of fused-ring (bicyclic) bond motifs is 2. The Morgan fingerprint density at radius 2 is 1.52 bits per heavy atom. The predicted molar refractivity (Wildman–Crippen MR) is 79.5 cm³/mol.